The highest BCUT2D eigenvalue weighted by Crippen LogP contribution is 2.45. The first-order chi connectivity index (χ1) is 17.4. The zero-order valence-electron chi connectivity index (χ0n) is 21.1. The zero-order chi connectivity index (χ0) is 25.4. The fraction of sp³-hybridized carbons (Fsp3) is 0.267. The minimum Gasteiger partial charge on any atom is -0.507 e. The summed E-state index contributed by atoms with van der Waals surface area (Å²) in [5.41, 5.74) is 7.79. The molecule has 0 saturated heterocycles. The van der Waals surface area contributed by atoms with E-state index in [0.717, 1.165) is 40.0 Å². The van der Waals surface area contributed by atoms with Crippen molar-refractivity contribution in [2.45, 2.75) is 39.7 Å². The minimum absolute atomic E-state index is 0.0781. The molecule has 1 amide bonds. The molecular weight excluding hydrogens is 450 g/mol. The number of aryl methyl sites for hydroxylation is 3. The molecule has 0 aliphatic carbocycles. The molecule has 184 valence electrons. The van der Waals surface area contributed by atoms with E-state index in [0.29, 0.717) is 29.9 Å². The third kappa shape index (κ3) is 4.13. The van der Waals surface area contributed by atoms with E-state index in [1.54, 1.807) is 7.11 Å². The number of nitrogens with zero attached hydrogens (tertiary/aromatic N) is 2. The maximum Gasteiger partial charge on any atom is 0.273 e. The predicted molar refractivity (Wildman–Crippen MR) is 141 cm³/mol. The van der Waals surface area contributed by atoms with E-state index in [-0.39, 0.29) is 17.7 Å². The number of fused-ring (bicyclic) bond motifs is 1. The molecule has 2 N–H and O–H groups in total. The number of aromatic amines is 1. The summed E-state index contributed by atoms with van der Waals surface area (Å²) in [6, 6.07) is 20.0. The molecule has 36 heavy (non-hydrogen) atoms. The number of amides is 1. The van der Waals surface area contributed by atoms with Crippen LogP contribution >= 0.6 is 0 Å². The highest BCUT2D eigenvalue weighted by molar-refractivity contribution is 6.00. The fourth-order valence-corrected chi connectivity index (χ4v) is 5.10. The van der Waals surface area contributed by atoms with Gasteiger partial charge in [-0.1, -0.05) is 49.4 Å². The Kier molecular flexibility index (Phi) is 6.27. The quantitative estimate of drug-likeness (QED) is 0.352. The van der Waals surface area contributed by atoms with Gasteiger partial charge in [0, 0.05) is 17.7 Å². The molecule has 0 fully saturated rings. The molecule has 0 radical (unpaired) electrons. The van der Waals surface area contributed by atoms with Crippen molar-refractivity contribution in [1.82, 2.24) is 15.1 Å². The molecule has 0 bridgehead atoms. The number of carbonyl (C=O) groups excluding carboxylic acids is 1. The topological polar surface area (TPSA) is 78.5 Å². The standard InChI is InChI=1S/C30H31N3O3/c1-5-20-6-10-22(11-7-20)28-25-26(24-17-18(2)16-19(3)29(24)34)31-32-27(25)30(35)33(28)15-14-21-8-12-23(36-4)13-9-21/h6-13,16-17,28,34H,5,14-15H2,1-4H3,(H,31,32)/t28-/m1/s1. The average molecular weight is 482 g/mol. The normalized spacial score (nSPS) is 14.8. The van der Waals surface area contributed by atoms with Crippen LogP contribution in [-0.4, -0.2) is 39.8 Å². The fourth-order valence-electron chi connectivity index (χ4n) is 5.10. The Labute approximate surface area is 211 Å². The number of benzene rings is 3. The van der Waals surface area contributed by atoms with Crippen LogP contribution in [0.25, 0.3) is 11.3 Å². The average Bonchev–Trinajstić information content (AvgIpc) is 3.44. The molecule has 6 heteroatoms. The molecule has 6 nitrogen and oxygen atoms in total. The number of aromatic hydroxyl groups is 1. The number of hydrogen-bond acceptors (Lipinski definition) is 4. The van der Waals surface area contributed by atoms with Crippen molar-refractivity contribution in [1.29, 1.82) is 0 Å². The molecule has 4 aromatic rings. The predicted octanol–water partition coefficient (Wildman–Crippen LogP) is 5.76. The van der Waals surface area contributed by atoms with Crippen molar-refractivity contribution in [2.75, 3.05) is 13.7 Å². The number of aromatic nitrogens is 2. The van der Waals surface area contributed by atoms with Crippen molar-refractivity contribution in [2.24, 2.45) is 0 Å². The second-order valence-corrected chi connectivity index (χ2v) is 9.43. The molecule has 1 aromatic heterocycles. The summed E-state index contributed by atoms with van der Waals surface area (Å²) in [6.07, 6.45) is 1.66. The first-order valence-electron chi connectivity index (χ1n) is 12.3. The summed E-state index contributed by atoms with van der Waals surface area (Å²) in [4.78, 5) is 15.6. The van der Waals surface area contributed by atoms with Gasteiger partial charge in [0.25, 0.3) is 5.91 Å². The summed E-state index contributed by atoms with van der Waals surface area (Å²) >= 11 is 0. The Balaban J connectivity index is 1.57. The van der Waals surface area contributed by atoms with Gasteiger partial charge in [0.05, 0.1) is 13.2 Å². The second-order valence-electron chi connectivity index (χ2n) is 9.43. The Hall–Kier alpha value is -4.06. The number of methoxy groups -OCH3 is 1. The number of phenolic OH excluding ortho intramolecular Hbond substituents is 1. The van der Waals surface area contributed by atoms with E-state index in [1.165, 1.54) is 5.56 Å². The van der Waals surface area contributed by atoms with Gasteiger partial charge in [-0.15, -0.1) is 0 Å². The number of H-pyrrole nitrogens is 1. The Morgan fingerprint density at radius 3 is 2.39 bits per heavy atom. The Bertz CT molecular complexity index is 1400. The van der Waals surface area contributed by atoms with Crippen LogP contribution in [0.1, 0.15) is 56.8 Å². The highest BCUT2D eigenvalue weighted by atomic mass is 16.5. The molecule has 0 saturated carbocycles. The van der Waals surface area contributed by atoms with Crippen LogP contribution in [0.2, 0.25) is 0 Å². The molecular formula is C30H31N3O3. The lowest BCUT2D eigenvalue weighted by molar-refractivity contribution is 0.0746. The number of hydrogen-bond donors (Lipinski definition) is 2. The molecule has 2 heterocycles. The number of carbonyl (C=O) groups is 1. The molecule has 1 aliphatic rings. The van der Waals surface area contributed by atoms with Gasteiger partial charge in [-0.2, -0.15) is 5.10 Å². The van der Waals surface area contributed by atoms with Gasteiger partial charge < -0.3 is 14.7 Å². The van der Waals surface area contributed by atoms with Gasteiger partial charge in [0.2, 0.25) is 0 Å². The highest BCUT2D eigenvalue weighted by Gasteiger charge is 2.42. The first-order valence-corrected chi connectivity index (χ1v) is 12.3. The lowest BCUT2D eigenvalue weighted by Gasteiger charge is -2.27. The summed E-state index contributed by atoms with van der Waals surface area (Å²) in [5.74, 6) is 0.925. The summed E-state index contributed by atoms with van der Waals surface area (Å²) in [6.45, 7) is 6.55. The maximum absolute atomic E-state index is 13.7. The van der Waals surface area contributed by atoms with Crippen LogP contribution in [0.5, 0.6) is 11.5 Å². The van der Waals surface area contributed by atoms with Gasteiger partial charge in [0.1, 0.15) is 22.9 Å². The molecule has 1 aliphatic heterocycles. The van der Waals surface area contributed by atoms with E-state index in [2.05, 4.69) is 41.4 Å². The van der Waals surface area contributed by atoms with Gasteiger partial charge in [0.15, 0.2) is 0 Å². The van der Waals surface area contributed by atoms with Gasteiger partial charge in [-0.3, -0.25) is 9.89 Å². The lowest BCUT2D eigenvalue weighted by atomic mass is 9.93. The van der Waals surface area contributed by atoms with Crippen LogP contribution in [0, 0.1) is 13.8 Å². The zero-order valence-corrected chi connectivity index (χ0v) is 21.1. The van der Waals surface area contributed by atoms with Crippen LogP contribution in [0.4, 0.5) is 0 Å². The van der Waals surface area contributed by atoms with Crippen LogP contribution in [0.3, 0.4) is 0 Å². The van der Waals surface area contributed by atoms with E-state index >= 15 is 0 Å². The SMILES string of the molecule is CCc1ccc([C@@H]2c3c(-c4cc(C)cc(C)c4O)n[nH]c3C(=O)N2CCc2ccc(OC)cc2)cc1. The summed E-state index contributed by atoms with van der Waals surface area (Å²) < 4.78 is 5.28. The van der Waals surface area contributed by atoms with Gasteiger partial charge in [-0.05, 0) is 72.7 Å². The number of rotatable bonds is 7. The van der Waals surface area contributed by atoms with Crippen LogP contribution in [-0.2, 0) is 12.8 Å². The minimum atomic E-state index is -0.300. The number of nitrogens with one attached hydrogen (secondary N) is 1. The molecule has 0 spiro atoms. The maximum atomic E-state index is 13.7. The summed E-state index contributed by atoms with van der Waals surface area (Å²) in [7, 11) is 1.65. The molecule has 1 atom stereocenters. The first kappa shape index (κ1) is 23.7. The van der Waals surface area contributed by atoms with Crippen LogP contribution in [0.15, 0.2) is 60.7 Å². The molecule has 0 unspecified atom stereocenters. The van der Waals surface area contributed by atoms with Crippen molar-refractivity contribution >= 4 is 5.91 Å². The van der Waals surface area contributed by atoms with Crippen molar-refractivity contribution in [3.63, 3.8) is 0 Å². The van der Waals surface area contributed by atoms with Crippen LogP contribution < -0.4 is 4.74 Å². The number of phenols is 1. The smallest absolute Gasteiger partial charge is 0.273 e. The monoisotopic (exact) mass is 481 g/mol. The Morgan fingerprint density at radius 1 is 1.03 bits per heavy atom. The Morgan fingerprint density at radius 2 is 1.72 bits per heavy atom. The third-order valence-electron chi connectivity index (χ3n) is 7.07. The van der Waals surface area contributed by atoms with Crippen molar-refractivity contribution in [3.05, 3.63) is 99.7 Å². The number of ether oxygens (including phenoxy) is 1. The molecule has 3 aromatic carbocycles. The van der Waals surface area contributed by atoms with E-state index in [4.69, 9.17) is 4.74 Å². The van der Waals surface area contributed by atoms with E-state index in [1.807, 2.05) is 55.1 Å². The lowest BCUT2D eigenvalue weighted by Crippen LogP contribution is -2.31. The van der Waals surface area contributed by atoms with Crippen molar-refractivity contribution < 1.29 is 14.6 Å². The van der Waals surface area contributed by atoms with Gasteiger partial charge in [-0.25, -0.2) is 0 Å². The van der Waals surface area contributed by atoms with Crippen molar-refractivity contribution in [3.8, 4) is 22.8 Å². The van der Waals surface area contributed by atoms with E-state index < -0.39 is 0 Å². The largest absolute Gasteiger partial charge is 0.507 e. The second kappa shape index (κ2) is 9.53. The van der Waals surface area contributed by atoms with E-state index in [9.17, 15) is 9.90 Å². The summed E-state index contributed by atoms with van der Waals surface area (Å²) in [5, 5.41) is 18.4. The van der Waals surface area contributed by atoms with Gasteiger partial charge >= 0.3 is 0 Å². The molecule has 5 rings (SSSR count). The third-order valence-corrected chi connectivity index (χ3v) is 7.07.